The standard InChI is InChI=1S/C21H37NO2/c1-16-9-13-22(14-10-16)12-6-5-7-19(23)24-18-15-17-8-11-21(18,4)20(17,2)3/h16-18H,5-15H2,1-4H3/t17-,18+,21+/m0/s1. The van der Waals surface area contributed by atoms with E-state index in [1.54, 1.807) is 0 Å². The Morgan fingerprint density at radius 1 is 1.12 bits per heavy atom. The molecule has 0 aromatic rings. The first-order valence-corrected chi connectivity index (χ1v) is 10.2. The summed E-state index contributed by atoms with van der Waals surface area (Å²) in [5, 5.41) is 0. The number of rotatable bonds is 6. The van der Waals surface area contributed by atoms with Gasteiger partial charge in [0.05, 0.1) is 0 Å². The van der Waals surface area contributed by atoms with Crippen LogP contribution >= 0.6 is 0 Å². The molecule has 0 unspecified atom stereocenters. The average molecular weight is 336 g/mol. The van der Waals surface area contributed by atoms with Gasteiger partial charge in [-0.2, -0.15) is 0 Å². The van der Waals surface area contributed by atoms with Crippen LogP contribution < -0.4 is 0 Å². The highest BCUT2D eigenvalue weighted by Crippen LogP contribution is 2.66. The highest BCUT2D eigenvalue weighted by Gasteiger charge is 2.62. The van der Waals surface area contributed by atoms with Crippen LogP contribution in [0.15, 0.2) is 0 Å². The van der Waals surface area contributed by atoms with Crippen molar-refractivity contribution < 1.29 is 9.53 Å². The summed E-state index contributed by atoms with van der Waals surface area (Å²) in [7, 11) is 0. The van der Waals surface area contributed by atoms with Crippen LogP contribution in [0.2, 0.25) is 0 Å². The molecular formula is C21H37NO2. The molecule has 3 fully saturated rings. The van der Waals surface area contributed by atoms with Gasteiger partial charge < -0.3 is 9.64 Å². The first kappa shape index (κ1) is 18.2. The Morgan fingerprint density at radius 2 is 1.83 bits per heavy atom. The van der Waals surface area contributed by atoms with Crippen LogP contribution in [0.3, 0.4) is 0 Å². The molecule has 2 aliphatic carbocycles. The van der Waals surface area contributed by atoms with Crippen LogP contribution in [-0.4, -0.2) is 36.6 Å². The van der Waals surface area contributed by atoms with Crippen molar-refractivity contribution >= 4 is 5.97 Å². The van der Waals surface area contributed by atoms with Crippen molar-refractivity contribution in [2.24, 2.45) is 22.7 Å². The summed E-state index contributed by atoms with van der Waals surface area (Å²) in [6.45, 7) is 13.1. The van der Waals surface area contributed by atoms with Gasteiger partial charge in [-0.25, -0.2) is 0 Å². The Labute approximate surface area is 148 Å². The van der Waals surface area contributed by atoms with Crippen molar-refractivity contribution in [3.63, 3.8) is 0 Å². The number of likely N-dealkylation sites (tertiary alicyclic amines) is 1. The first-order chi connectivity index (χ1) is 11.3. The Bertz CT molecular complexity index is 453. The average Bonchev–Trinajstić information content (AvgIpc) is 2.87. The zero-order valence-corrected chi connectivity index (χ0v) is 16.3. The Kier molecular flexibility index (Phi) is 5.30. The smallest absolute Gasteiger partial charge is 0.306 e. The summed E-state index contributed by atoms with van der Waals surface area (Å²) in [5.41, 5.74) is 0.515. The fraction of sp³-hybridized carbons (Fsp3) is 0.952. The van der Waals surface area contributed by atoms with Gasteiger partial charge in [0.1, 0.15) is 6.10 Å². The minimum absolute atomic E-state index is 0.0387. The van der Waals surface area contributed by atoms with Gasteiger partial charge in [0.2, 0.25) is 0 Å². The lowest BCUT2D eigenvalue weighted by molar-refractivity contribution is -0.157. The second kappa shape index (κ2) is 6.97. The van der Waals surface area contributed by atoms with E-state index in [-0.39, 0.29) is 17.5 Å². The van der Waals surface area contributed by atoms with Crippen LogP contribution in [0.5, 0.6) is 0 Å². The number of unbranched alkanes of at least 4 members (excludes halogenated alkanes) is 1. The molecule has 3 atom stereocenters. The molecule has 0 aromatic heterocycles. The number of hydrogen-bond acceptors (Lipinski definition) is 3. The molecule has 0 spiro atoms. The Hall–Kier alpha value is -0.570. The number of hydrogen-bond donors (Lipinski definition) is 0. The third-order valence-corrected chi connectivity index (χ3v) is 7.97. The SMILES string of the molecule is CC1CCN(CCCCC(=O)O[C@@H]2C[C@@H]3CC[C@@]2(C)C3(C)C)CC1. The zero-order valence-electron chi connectivity index (χ0n) is 16.3. The number of ether oxygens (including phenoxy) is 1. The lowest BCUT2D eigenvalue weighted by Crippen LogP contribution is -2.38. The molecule has 0 amide bonds. The third-order valence-electron chi connectivity index (χ3n) is 7.97. The van der Waals surface area contributed by atoms with E-state index in [1.807, 2.05) is 0 Å². The largest absolute Gasteiger partial charge is 0.462 e. The molecule has 3 nitrogen and oxygen atoms in total. The normalized spacial score (nSPS) is 36.2. The lowest BCUT2D eigenvalue weighted by Gasteiger charge is -2.38. The van der Waals surface area contributed by atoms with Crippen LogP contribution in [0.1, 0.15) is 79.1 Å². The van der Waals surface area contributed by atoms with Crippen molar-refractivity contribution in [2.75, 3.05) is 19.6 Å². The number of esters is 1. The number of nitrogens with zero attached hydrogens (tertiary/aromatic N) is 1. The van der Waals surface area contributed by atoms with E-state index in [0.29, 0.717) is 11.8 Å². The number of carbonyl (C=O) groups excluding carboxylic acids is 1. The van der Waals surface area contributed by atoms with Crippen LogP contribution in [-0.2, 0) is 9.53 Å². The van der Waals surface area contributed by atoms with Gasteiger partial charge in [0, 0.05) is 11.8 Å². The highest BCUT2D eigenvalue weighted by molar-refractivity contribution is 5.69. The zero-order chi connectivity index (χ0) is 17.4. The maximum atomic E-state index is 12.3. The number of piperidine rings is 1. The molecule has 138 valence electrons. The fourth-order valence-electron chi connectivity index (χ4n) is 5.42. The number of carbonyl (C=O) groups is 1. The van der Waals surface area contributed by atoms with Crippen LogP contribution in [0, 0.1) is 22.7 Å². The Balaban J connectivity index is 1.35. The second-order valence-electron chi connectivity index (χ2n) is 9.57. The topological polar surface area (TPSA) is 29.5 Å². The van der Waals surface area contributed by atoms with Crippen molar-refractivity contribution in [1.82, 2.24) is 4.90 Å². The van der Waals surface area contributed by atoms with Crippen molar-refractivity contribution in [3.8, 4) is 0 Å². The first-order valence-electron chi connectivity index (χ1n) is 10.2. The molecule has 0 N–H and O–H groups in total. The summed E-state index contributed by atoms with van der Waals surface area (Å²) >= 11 is 0. The summed E-state index contributed by atoms with van der Waals surface area (Å²) in [6.07, 6.45) is 9.13. The molecule has 3 rings (SSSR count). The summed E-state index contributed by atoms with van der Waals surface area (Å²) in [5.74, 6) is 1.67. The van der Waals surface area contributed by atoms with Gasteiger partial charge in [0.15, 0.2) is 0 Å². The summed E-state index contributed by atoms with van der Waals surface area (Å²) in [6, 6.07) is 0. The minimum Gasteiger partial charge on any atom is -0.462 e. The molecular weight excluding hydrogens is 298 g/mol. The van der Waals surface area contributed by atoms with Crippen LogP contribution in [0.25, 0.3) is 0 Å². The summed E-state index contributed by atoms with van der Waals surface area (Å²) in [4.78, 5) is 14.8. The van der Waals surface area contributed by atoms with Gasteiger partial charge >= 0.3 is 5.97 Å². The molecule has 24 heavy (non-hydrogen) atoms. The number of fused-ring (bicyclic) bond motifs is 2. The molecule has 1 saturated heterocycles. The predicted octanol–water partition coefficient (Wildman–Crippen LogP) is 4.65. The molecule has 2 saturated carbocycles. The maximum Gasteiger partial charge on any atom is 0.306 e. The lowest BCUT2D eigenvalue weighted by atomic mass is 9.70. The molecule has 0 aromatic carbocycles. The monoisotopic (exact) mass is 335 g/mol. The summed E-state index contributed by atoms with van der Waals surface area (Å²) < 4.78 is 5.94. The van der Waals surface area contributed by atoms with E-state index in [0.717, 1.165) is 37.6 Å². The van der Waals surface area contributed by atoms with Crippen molar-refractivity contribution in [1.29, 1.82) is 0 Å². The van der Waals surface area contributed by atoms with Gasteiger partial charge in [0.25, 0.3) is 0 Å². The van der Waals surface area contributed by atoms with E-state index >= 15 is 0 Å². The van der Waals surface area contributed by atoms with E-state index in [9.17, 15) is 4.79 Å². The van der Waals surface area contributed by atoms with Gasteiger partial charge in [-0.05, 0) is 81.8 Å². The van der Waals surface area contributed by atoms with Gasteiger partial charge in [-0.1, -0.05) is 27.7 Å². The fourth-order valence-corrected chi connectivity index (χ4v) is 5.42. The molecule has 3 heteroatoms. The van der Waals surface area contributed by atoms with E-state index < -0.39 is 0 Å². The van der Waals surface area contributed by atoms with Crippen molar-refractivity contribution in [2.45, 2.75) is 85.2 Å². The van der Waals surface area contributed by atoms with E-state index in [1.165, 1.54) is 38.8 Å². The molecule has 1 heterocycles. The van der Waals surface area contributed by atoms with E-state index in [4.69, 9.17) is 4.74 Å². The van der Waals surface area contributed by atoms with E-state index in [2.05, 4.69) is 32.6 Å². The quantitative estimate of drug-likeness (QED) is 0.523. The Morgan fingerprint density at radius 3 is 2.42 bits per heavy atom. The molecule has 0 radical (unpaired) electrons. The second-order valence-corrected chi connectivity index (χ2v) is 9.57. The van der Waals surface area contributed by atoms with Gasteiger partial charge in [-0.3, -0.25) is 4.79 Å². The molecule has 2 bridgehead atoms. The minimum atomic E-state index is 0.0387. The highest BCUT2D eigenvalue weighted by atomic mass is 16.5. The maximum absolute atomic E-state index is 12.3. The van der Waals surface area contributed by atoms with Gasteiger partial charge in [-0.15, -0.1) is 0 Å². The van der Waals surface area contributed by atoms with Crippen molar-refractivity contribution in [3.05, 3.63) is 0 Å². The third kappa shape index (κ3) is 3.38. The molecule has 1 aliphatic heterocycles. The molecule has 3 aliphatic rings. The van der Waals surface area contributed by atoms with Crippen LogP contribution in [0.4, 0.5) is 0 Å². The predicted molar refractivity (Wildman–Crippen MR) is 97.8 cm³/mol.